The van der Waals surface area contributed by atoms with E-state index in [1.54, 1.807) is 36.4 Å². The highest BCUT2D eigenvalue weighted by atomic mass is 35.5. The van der Waals surface area contributed by atoms with Crippen LogP contribution in [-0.2, 0) is 16.0 Å². The summed E-state index contributed by atoms with van der Waals surface area (Å²) in [6.45, 7) is 0. The monoisotopic (exact) mass is 327 g/mol. The van der Waals surface area contributed by atoms with Crippen molar-refractivity contribution in [1.29, 1.82) is 5.26 Å². The maximum atomic E-state index is 12.1. The molecule has 0 aliphatic carbocycles. The number of aryl methyl sites for hydroxylation is 1. The minimum Gasteiger partial charge on any atom is -0.309 e. The van der Waals surface area contributed by atoms with Gasteiger partial charge in [0.05, 0.1) is 6.07 Å². The Morgan fingerprint density at radius 3 is 2.61 bits per heavy atom. The molecular weight excluding hydrogens is 314 g/mol. The van der Waals surface area contributed by atoms with Crippen molar-refractivity contribution in [2.75, 3.05) is 5.32 Å². The Morgan fingerprint density at radius 2 is 1.96 bits per heavy atom. The van der Waals surface area contributed by atoms with Crippen molar-refractivity contribution in [3.8, 4) is 6.07 Å². The third-order valence-corrected chi connectivity index (χ3v) is 3.60. The van der Waals surface area contributed by atoms with E-state index in [2.05, 4.69) is 10.3 Å². The van der Waals surface area contributed by atoms with Crippen LogP contribution in [0.15, 0.2) is 48.7 Å². The molecule has 2 rings (SSSR count). The lowest BCUT2D eigenvalue weighted by Gasteiger charge is -2.09. The highest BCUT2D eigenvalue weighted by Gasteiger charge is 2.26. The number of aromatic nitrogens is 1. The average molecular weight is 328 g/mol. The van der Waals surface area contributed by atoms with Crippen LogP contribution in [0.25, 0.3) is 0 Å². The van der Waals surface area contributed by atoms with Crippen molar-refractivity contribution >= 4 is 29.1 Å². The molecule has 2 aromatic rings. The van der Waals surface area contributed by atoms with E-state index in [0.29, 0.717) is 17.3 Å². The van der Waals surface area contributed by atoms with E-state index in [-0.39, 0.29) is 6.42 Å². The van der Waals surface area contributed by atoms with Gasteiger partial charge in [0.1, 0.15) is 5.82 Å². The Balaban J connectivity index is 1.97. The van der Waals surface area contributed by atoms with Gasteiger partial charge >= 0.3 is 0 Å². The molecule has 0 bridgehead atoms. The van der Waals surface area contributed by atoms with Crippen molar-refractivity contribution < 1.29 is 9.59 Å². The van der Waals surface area contributed by atoms with E-state index >= 15 is 0 Å². The SMILES string of the molecule is N#C[C@@H](C(=O)CCc1ccccc1Cl)C(=O)Nc1ccccn1. The van der Waals surface area contributed by atoms with Gasteiger partial charge in [-0.2, -0.15) is 5.26 Å². The number of anilines is 1. The van der Waals surface area contributed by atoms with Gasteiger partial charge in [-0.25, -0.2) is 4.98 Å². The van der Waals surface area contributed by atoms with Gasteiger partial charge in [0.2, 0.25) is 0 Å². The highest BCUT2D eigenvalue weighted by molar-refractivity contribution is 6.31. The quantitative estimate of drug-likeness (QED) is 0.827. The second-order valence-electron chi connectivity index (χ2n) is 4.82. The van der Waals surface area contributed by atoms with Gasteiger partial charge in [0.25, 0.3) is 5.91 Å². The molecule has 23 heavy (non-hydrogen) atoms. The summed E-state index contributed by atoms with van der Waals surface area (Å²) < 4.78 is 0. The number of rotatable bonds is 6. The molecule has 0 fully saturated rings. The standard InChI is InChI=1S/C17H14ClN3O2/c18-14-6-2-1-5-12(14)8-9-15(22)13(11-19)17(23)21-16-7-3-4-10-20-16/h1-7,10,13H,8-9H2,(H,20,21,23)/t13-/m0/s1. The van der Waals surface area contributed by atoms with E-state index in [1.807, 2.05) is 12.1 Å². The lowest BCUT2D eigenvalue weighted by Crippen LogP contribution is -2.29. The highest BCUT2D eigenvalue weighted by Crippen LogP contribution is 2.18. The summed E-state index contributed by atoms with van der Waals surface area (Å²) >= 11 is 6.03. The van der Waals surface area contributed by atoms with Crippen LogP contribution >= 0.6 is 11.6 Å². The number of benzene rings is 1. The summed E-state index contributed by atoms with van der Waals surface area (Å²) in [6, 6.07) is 13.9. The summed E-state index contributed by atoms with van der Waals surface area (Å²) in [6.07, 6.45) is 1.96. The zero-order chi connectivity index (χ0) is 16.7. The summed E-state index contributed by atoms with van der Waals surface area (Å²) in [5.41, 5.74) is 0.810. The molecule has 1 heterocycles. The molecule has 1 amide bonds. The topological polar surface area (TPSA) is 82.8 Å². The molecule has 0 spiro atoms. The predicted octanol–water partition coefficient (Wildman–Crippen LogP) is 3.02. The molecule has 0 unspecified atom stereocenters. The molecular formula is C17H14ClN3O2. The van der Waals surface area contributed by atoms with Crippen molar-refractivity contribution in [2.45, 2.75) is 12.8 Å². The molecule has 6 heteroatoms. The fraction of sp³-hybridized carbons (Fsp3) is 0.176. The number of pyridine rings is 1. The maximum absolute atomic E-state index is 12.1. The maximum Gasteiger partial charge on any atom is 0.250 e. The van der Waals surface area contributed by atoms with Crippen LogP contribution in [-0.4, -0.2) is 16.7 Å². The Kier molecular flexibility index (Phi) is 5.84. The summed E-state index contributed by atoms with van der Waals surface area (Å²) in [5, 5.41) is 12.1. The molecule has 0 aliphatic heterocycles. The van der Waals surface area contributed by atoms with E-state index in [4.69, 9.17) is 16.9 Å². The Morgan fingerprint density at radius 1 is 1.22 bits per heavy atom. The lowest BCUT2D eigenvalue weighted by atomic mass is 9.98. The number of nitrogens with zero attached hydrogens (tertiary/aromatic N) is 2. The van der Waals surface area contributed by atoms with Gasteiger partial charge < -0.3 is 5.32 Å². The Hall–Kier alpha value is -2.71. The Labute approximate surface area is 138 Å². The first-order valence-electron chi connectivity index (χ1n) is 6.99. The number of Topliss-reactive ketones (excluding diaryl/α,β-unsaturated/α-hetero) is 1. The number of carbonyl (C=O) groups is 2. The number of hydrogen-bond acceptors (Lipinski definition) is 4. The first-order chi connectivity index (χ1) is 11.1. The molecule has 1 atom stereocenters. The van der Waals surface area contributed by atoms with Crippen LogP contribution in [0.3, 0.4) is 0 Å². The molecule has 0 saturated heterocycles. The van der Waals surface area contributed by atoms with Crippen LogP contribution in [0.1, 0.15) is 12.0 Å². The molecule has 1 aromatic heterocycles. The Bertz CT molecular complexity index is 741. The second kappa shape index (κ2) is 8.06. The molecule has 1 N–H and O–H groups in total. The normalized spacial score (nSPS) is 11.3. The van der Waals surface area contributed by atoms with Gasteiger partial charge in [0, 0.05) is 17.6 Å². The zero-order valence-electron chi connectivity index (χ0n) is 12.2. The van der Waals surface area contributed by atoms with E-state index in [1.165, 1.54) is 6.20 Å². The molecule has 116 valence electrons. The van der Waals surface area contributed by atoms with Gasteiger partial charge in [-0.05, 0) is 30.2 Å². The van der Waals surface area contributed by atoms with Crippen molar-refractivity contribution in [2.24, 2.45) is 5.92 Å². The van der Waals surface area contributed by atoms with E-state index in [9.17, 15) is 9.59 Å². The number of halogens is 1. The van der Waals surface area contributed by atoms with Crippen LogP contribution in [0.2, 0.25) is 5.02 Å². The number of amides is 1. The molecule has 5 nitrogen and oxygen atoms in total. The molecule has 1 aromatic carbocycles. The first-order valence-corrected chi connectivity index (χ1v) is 7.37. The molecule has 0 aliphatic rings. The number of carbonyl (C=O) groups excluding carboxylic acids is 2. The summed E-state index contributed by atoms with van der Waals surface area (Å²) in [7, 11) is 0. The number of hydrogen-bond donors (Lipinski definition) is 1. The minimum absolute atomic E-state index is 0.0671. The van der Waals surface area contributed by atoms with E-state index < -0.39 is 17.6 Å². The second-order valence-corrected chi connectivity index (χ2v) is 5.23. The zero-order valence-corrected chi connectivity index (χ0v) is 13.0. The fourth-order valence-electron chi connectivity index (χ4n) is 2.02. The average Bonchev–Trinajstić information content (AvgIpc) is 2.55. The molecule has 0 radical (unpaired) electrons. The first kappa shape index (κ1) is 16.7. The predicted molar refractivity (Wildman–Crippen MR) is 86.7 cm³/mol. The largest absolute Gasteiger partial charge is 0.309 e. The minimum atomic E-state index is -1.36. The van der Waals surface area contributed by atoms with Crippen LogP contribution < -0.4 is 5.32 Å². The summed E-state index contributed by atoms with van der Waals surface area (Å²) in [5.74, 6) is -2.17. The molecule has 0 saturated carbocycles. The third-order valence-electron chi connectivity index (χ3n) is 3.23. The lowest BCUT2D eigenvalue weighted by molar-refractivity contribution is -0.128. The van der Waals surface area contributed by atoms with Crippen molar-refractivity contribution in [3.63, 3.8) is 0 Å². The van der Waals surface area contributed by atoms with Crippen molar-refractivity contribution in [3.05, 3.63) is 59.2 Å². The number of nitrogens with one attached hydrogen (secondary N) is 1. The summed E-state index contributed by atoms with van der Waals surface area (Å²) in [4.78, 5) is 28.1. The smallest absolute Gasteiger partial charge is 0.250 e. The van der Waals surface area contributed by atoms with Crippen LogP contribution in [0.5, 0.6) is 0 Å². The fourth-order valence-corrected chi connectivity index (χ4v) is 2.25. The van der Waals surface area contributed by atoms with E-state index in [0.717, 1.165) is 5.56 Å². The van der Waals surface area contributed by atoms with Crippen LogP contribution in [0, 0.1) is 17.2 Å². The number of ketones is 1. The third kappa shape index (κ3) is 4.63. The van der Waals surface area contributed by atoms with Gasteiger partial charge in [0.15, 0.2) is 11.7 Å². The van der Waals surface area contributed by atoms with Gasteiger partial charge in [-0.1, -0.05) is 35.9 Å². The van der Waals surface area contributed by atoms with Gasteiger partial charge in [-0.3, -0.25) is 9.59 Å². The van der Waals surface area contributed by atoms with Crippen LogP contribution in [0.4, 0.5) is 5.82 Å². The van der Waals surface area contributed by atoms with Gasteiger partial charge in [-0.15, -0.1) is 0 Å². The van der Waals surface area contributed by atoms with Crippen molar-refractivity contribution in [1.82, 2.24) is 4.98 Å². The number of nitriles is 1.